The Balaban J connectivity index is 2.31. The van der Waals surface area contributed by atoms with Crippen molar-refractivity contribution in [3.05, 3.63) is 46.3 Å². The molecule has 0 saturated carbocycles. The summed E-state index contributed by atoms with van der Waals surface area (Å²) in [6.07, 6.45) is 0. The van der Waals surface area contributed by atoms with Crippen LogP contribution in [0, 0.1) is 6.92 Å². The van der Waals surface area contributed by atoms with Crippen LogP contribution in [0.4, 0.5) is 5.82 Å². The predicted octanol–water partition coefficient (Wildman–Crippen LogP) is 4.36. The smallest absolute Gasteiger partial charge is 0.129 e. The van der Waals surface area contributed by atoms with E-state index >= 15 is 0 Å². The van der Waals surface area contributed by atoms with Crippen LogP contribution in [-0.4, -0.2) is 9.78 Å². The van der Waals surface area contributed by atoms with E-state index in [0.717, 1.165) is 21.7 Å². The van der Waals surface area contributed by atoms with E-state index in [1.165, 1.54) is 5.56 Å². The van der Waals surface area contributed by atoms with Crippen molar-refractivity contribution in [2.45, 2.75) is 6.92 Å². The van der Waals surface area contributed by atoms with Crippen molar-refractivity contribution < 1.29 is 0 Å². The Hall–Kier alpha value is -1.78. The van der Waals surface area contributed by atoms with Gasteiger partial charge in [0.05, 0.1) is 15.5 Å². The standard InChI is InChI=1S/C15H14ClN3S/c1-9-5-3-4-6-10(9)12-13(18-19(2)15(12)17)14-11(16)7-8-20-14/h3-8H,17H2,1-2H3. The molecule has 0 aliphatic rings. The molecule has 1 aromatic carbocycles. The molecular formula is C15H14ClN3S. The lowest BCUT2D eigenvalue weighted by Crippen LogP contribution is -1.98. The number of aromatic nitrogens is 2. The Labute approximate surface area is 126 Å². The van der Waals surface area contributed by atoms with Gasteiger partial charge in [0.15, 0.2) is 0 Å². The Morgan fingerprint density at radius 1 is 1.25 bits per heavy atom. The average molecular weight is 304 g/mol. The van der Waals surface area contributed by atoms with Gasteiger partial charge in [-0.2, -0.15) is 5.10 Å². The number of nitrogen functional groups attached to an aromatic ring is 1. The molecule has 0 unspecified atom stereocenters. The molecule has 0 fully saturated rings. The molecule has 3 rings (SSSR count). The third-order valence-electron chi connectivity index (χ3n) is 3.34. The quantitative estimate of drug-likeness (QED) is 0.764. The van der Waals surface area contributed by atoms with Crippen LogP contribution in [0.1, 0.15) is 5.56 Å². The van der Waals surface area contributed by atoms with Gasteiger partial charge < -0.3 is 5.73 Å². The molecule has 0 saturated heterocycles. The van der Waals surface area contributed by atoms with Gasteiger partial charge in [-0.25, -0.2) is 0 Å². The van der Waals surface area contributed by atoms with Crippen LogP contribution >= 0.6 is 22.9 Å². The summed E-state index contributed by atoms with van der Waals surface area (Å²) in [4.78, 5) is 0.956. The van der Waals surface area contributed by atoms with Gasteiger partial charge in [0, 0.05) is 7.05 Å². The van der Waals surface area contributed by atoms with Crippen molar-refractivity contribution in [2.75, 3.05) is 5.73 Å². The summed E-state index contributed by atoms with van der Waals surface area (Å²) in [6.45, 7) is 2.07. The minimum absolute atomic E-state index is 0.652. The summed E-state index contributed by atoms with van der Waals surface area (Å²) in [5.41, 5.74) is 10.3. The van der Waals surface area contributed by atoms with E-state index in [1.807, 2.05) is 30.6 Å². The largest absolute Gasteiger partial charge is 0.383 e. The first-order valence-corrected chi connectivity index (χ1v) is 7.47. The summed E-state index contributed by atoms with van der Waals surface area (Å²) >= 11 is 7.83. The first-order chi connectivity index (χ1) is 9.59. The maximum Gasteiger partial charge on any atom is 0.129 e. The van der Waals surface area contributed by atoms with Gasteiger partial charge in [-0.05, 0) is 29.5 Å². The Kier molecular flexibility index (Phi) is 3.28. The zero-order valence-electron chi connectivity index (χ0n) is 11.2. The summed E-state index contributed by atoms with van der Waals surface area (Å²) in [5, 5.41) is 7.22. The highest BCUT2D eigenvalue weighted by molar-refractivity contribution is 7.14. The molecule has 0 spiro atoms. The van der Waals surface area contributed by atoms with Crippen molar-refractivity contribution in [3.8, 4) is 21.7 Å². The number of thiophene rings is 1. The highest BCUT2D eigenvalue weighted by Gasteiger charge is 2.21. The second-order valence-corrected chi connectivity index (χ2v) is 5.97. The van der Waals surface area contributed by atoms with Gasteiger partial charge in [0.1, 0.15) is 11.5 Å². The number of hydrogen-bond acceptors (Lipinski definition) is 3. The van der Waals surface area contributed by atoms with Crippen LogP contribution < -0.4 is 5.73 Å². The first-order valence-electron chi connectivity index (χ1n) is 6.21. The molecule has 5 heteroatoms. The summed E-state index contributed by atoms with van der Waals surface area (Å²) in [5.74, 6) is 0.652. The van der Waals surface area contributed by atoms with Crippen molar-refractivity contribution in [1.29, 1.82) is 0 Å². The fourth-order valence-electron chi connectivity index (χ4n) is 2.28. The predicted molar refractivity (Wildman–Crippen MR) is 86.1 cm³/mol. The highest BCUT2D eigenvalue weighted by atomic mass is 35.5. The lowest BCUT2D eigenvalue weighted by Gasteiger charge is -2.07. The molecule has 3 nitrogen and oxygen atoms in total. The SMILES string of the molecule is Cc1ccccc1-c1c(-c2sccc2Cl)nn(C)c1N. The number of anilines is 1. The molecule has 2 heterocycles. The number of aryl methyl sites for hydroxylation is 2. The maximum absolute atomic E-state index is 6.26. The van der Waals surface area contributed by atoms with Crippen LogP contribution in [0.15, 0.2) is 35.7 Å². The molecule has 0 aliphatic heterocycles. The van der Waals surface area contributed by atoms with E-state index in [4.69, 9.17) is 17.3 Å². The van der Waals surface area contributed by atoms with Crippen molar-refractivity contribution in [1.82, 2.24) is 9.78 Å². The molecule has 2 aromatic heterocycles. The number of benzene rings is 1. The number of nitrogens with two attached hydrogens (primary N) is 1. The monoisotopic (exact) mass is 303 g/mol. The van der Waals surface area contributed by atoms with E-state index in [1.54, 1.807) is 16.0 Å². The van der Waals surface area contributed by atoms with Gasteiger partial charge in [-0.1, -0.05) is 35.9 Å². The molecule has 0 amide bonds. The fraction of sp³-hybridized carbons (Fsp3) is 0.133. The summed E-state index contributed by atoms with van der Waals surface area (Å²) in [7, 11) is 1.85. The van der Waals surface area contributed by atoms with Crippen LogP contribution in [0.3, 0.4) is 0 Å². The van der Waals surface area contributed by atoms with E-state index in [-0.39, 0.29) is 0 Å². The number of nitrogens with zero attached hydrogens (tertiary/aromatic N) is 2. The molecule has 2 N–H and O–H groups in total. The van der Waals surface area contributed by atoms with Gasteiger partial charge in [-0.15, -0.1) is 11.3 Å². The molecular weight excluding hydrogens is 290 g/mol. The van der Waals surface area contributed by atoms with Crippen LogP contribution in [-0.2, 0) is 7.05 Å². The Bertz CT molecular complexity index is 773. The van der Waals surface area contributed by atoms with Gasteiger partial charge in [-0.3, -0.25) is 4.68 Å². The third-order valence-corrected chi connectivity index (χ3v) is 4.69. The molecule has 3 aromatic rings. The molecule has 0 aliphatic carbocycles. The molecule has 20 heavy (non-hydrogen) atoms. The average Bonchev–Trinajstić information content (AvgIpc) is 2.96. The zero-order valence-corrected chi connectivity index (χ0v) is 12.8. The Morgan fingerprint density at radius 2 is 2.00 bits per heavy atom. The second kappa shape index (κ2) is 4.96. The molecule has 0 radical (unpaired) electrons. The van der Waals surface area contributed by atoms with E-state index in [9.17, 15) is 0 Å². The highest BCUT2D eigenvalue weighted by Crippen LogP contribution is 2.42. The van der Waals surface area contributed by atoms with Crippen LogP contribution in [0.2, 0.25) is 5.02 Å². The zero-order chi connectivity index (χ0) is 14.3. The second-order valence-electron chi connectivity index (χ2n) is 4.65. The van der Waals surface area contributed by atoms with E-state index in [0.29, 0.717) is 10.8 Å². The van der Waals surface area contributed by atoms with Crippen LogP contribution in [0.5, 0.6) is 0 Å². The lowest BCUT2D eigenvalue weighted by molar-refractivity contribution is 0.783. The minimum Gasteiger partial charge on any atom is -0.383 e. The van der Waals surface area contributed by atoms with E-state index < -0.39 is 0 Å². The van der Waals surface area contributed by atoms with Crippen molar-refractivity contribution in [2.24, 2.45) is 7.05 Å². The Morgan fingerprint density at radius 3 is 2.65 bits per heavy atom. The molecule has 0 atom stereocenters. The van der Waals surface area contributed by atoms with Crippen molar-refractivity contribution in [3.63, 3.8) is 0 Å². The topological polar surface area (TPSA) is 43.8 Å². The van der Waals surface area contributed by atoms with Gasteiger partial charge in [0.2, 0.25) is 0 Å². The first kappa shape index (κ1) is 13.2. The number of hydrogen-bond donors (Lipinski definition) is 1. The molecule has 102 valence electrons. The summed E-state index contributed by atoms with van der Waals surface area (Å²) in [6, 6.07) is 10.0. The third kappa shape index (κ3) is 2.01. The number of halogens is 1. The normalized spacial score (nSPS) is 10.9. The molecule has 0 bridgehead atoms. The van der Waals surface area contributed by atoms with Crippen molar-refractivity contribution >= 4 is 28.8 Å². The number of rotatable bonds is 2. The van der Waals surface area contributed by atoms with Gasteiger partial charge in [0.25, 0.3) is 0 Å². The van der Waals surface area contributed by atoms with Gasteiger partial charge >= 0.3 is 0 Å². The minimum atomic E-state index is 0.652. The van der Waals surface area contributed by atoms with E-state index in [2.05, 4.69) is 24.2 Å². The lowest BCUT2D eigenvalue weighted by atomic mass is 10.00. The summed E-state index contributed by atoms with van der Waals surface area (Å²) < 4.78 is 1.70. The van der Waals surface area contributed by atoms with Crippen LogP contribution in [0.25, 0.3) is 21.7 Å². The fourth-order valence-corrected chi connectivity index (χ4v) is 3.41. The maximum atomic E-state index is 6.26.